The van der Waals surface area contributed by atoms with E-state index in [1.807, 2.05) is 0 Å². The number of nitrogens with zero attached hydrogens (tertiary/aromatic N) is 4. The highest BCUT2D eigenvalue weighted by molar-refractivity contribution is 6.32. The van der Waals surface area contributed by atoms with E-state index in [0.717, 1.165) is 68.2 Å². The average Bonchev–Trinajstić information content (AvgIpc) is 0.719. The largest absolute Gasteiger partial charge is 0.310 e. The van der Waals surface area contributed by atoms with Crippen LogP contribution in [0.25, 0.3) is 97.0 Å². The van der Waals surface area contributed by atoms with Gasteiger partial charge in [-0.3, -0.25) is 0 Å². The van der Waals surface area contributed by atoms with Crippen LogP contribution in [0.4, 0.5) is 68.2 Å². The molecule has 0 heterocycles. The van der Waals surface area contributed by atoms with E-state index in [1.165, 1.54) is 119 Å². The molecule has 0 amide bonds. The van der Waals surface area contributed by atoms with E-state index in [9.17, 15) is 0 Å². The van der Waals surface area contributed by atoms with Gasteiger partial charge in [-0.15, -0.1) is 0 Å². The van der Waals surface area contributed by atoms with Crippen molar-refractivity contribution in [1.29, 1.82) is 0 Å². The van der Waals surface area contributed by atoms with Crippen LogP contribution in [0, 0.1) is 0 Å². The zero-order valence-electron chi connectivity index (χ0n) is 61.7. The smallest absolute Gasteiger partial charge is 0.0540 e. The Morgan fingerprint density at radius 1 is 0.154 bits per heavy atom. The van der Waals surface area contributed by atoms with Gasteiger partial charge in [0.2, 0.25) is 0 Å². The maximum Gasteiger partial charge on any atom is 0.0540 e. The minimum Gasteiger partial charge on any atom is -0.310 e. The molecule has 506 valence electrons. The van der Waals surface area contributed by atoms with Crippen molar-refractivity contribution in [1.82, 2.24) is 0 Å². The summed E-state index contributed by atoms with van der Waals surface area (Å²) >= 11 is 0. The van der Waals surface area contributed by atoms with Crippen LogP contribution in [0.15, 0.2) is 303 Å². The van der Waals surface area contributed by atoms with Gasteiger partial charge in [-0.05, 0) is 218 Å². The Hall–Kier alpha value is -11.7. The van der Waals surface area contributed by atoms with Crippen LogP contribution in [0.3, 0.4) is 0 Å². The van der Waals surface area contributed by atoms with Gasteiger partial charge < -0.3 is 19.6 Å². The van der Waals surface area contributed by atoms with E-state index in [0.29, 0.717) is 0 Å². The molecule has 18 aromatic carbocycles. The normalized spacial score (nSPS) is 12.6. The Labute approximate surface area is 611 Å². The van der Waals surface area contributed by atoms with Crippen molar-refractivity contribution in [3.63, 3.8) is 0 Å². The molecule has 0 aliphatic heterocycles. The summed E-state index contributed by atoms with van der Waals surface area (Å²) < 4.78 is 0. The fourth-order valence-corrected chi connectivity index (χ4v) is 16.7. The lowest BCUT2D eigenvalue weighted by Crippen LogP contribution is -2.14. The lowest BCUT2D eigenvalue weighted by atomic mass is 9.86. The number of hydrogen-bond donors (Lipinski definition) is 0. The van der Waals surface area contributed by atoms with Crippen molar-refractivity contribution in [2.75, 3.05) is 19.6 Å². The van der Waals surface area contributed by atoms with Crippen LogP contribution in [0.1, 0.15) is 105 Å². The molecule has 104 heavy (non-hydrogen) atoms. The minimum atomic E-state index is 0.0239. The Morgan fingerprint density at radius 3 is 0.500 bits per heavy atom. The van der Waals surface area contributed by atoms with Crippen LogP contribution in [0.2, 0.25) is 0 Å². The summed E-state index contributed by atoms with van der Waals surface area (Å²) in [5, 5.41) is 22.0. The summed E-state index contributed by atoms with van der Waals surface area (Å²) in [5.41, 5.74) is 18.8. The molecule has 0 unspecified atom stereocenters. The number of rotatable bonds is 12. The maximum atomic E-state index is 2.52. The van der Waals surface area contributed by atoms with Crippen LogP contribution < -0.4 is 19.6 Å². The molecular weight excluding hydrogens is 1260 g/mol. The molecule has 0 radical (unpaired) electrons. The van der Waals surface area contributed by atoms with Crippen LogP contribution in [-0.2, 0) is 21.7 Å². The molecule has 18 rings (SSSR count). The van der Waals surface area contributed by atoms with Gasteiger partial charge in [0.15, 0.2) is 0 Å². The molecule has 18 aromatic rings. The molecular formula is C100H86N4. The summed E-state index contributed by atoms with van der Waals surface area (Å²) in [5.74, 6) is 0. The first-order chi connectivity index (χ1) is 50.1. The Kier molecular flexibility index (Phi) is 14.8. The van der Waals surface area contributed by atoms with Gasteiger partial charge in [0.1, 0.15) is 0 Å². The second kappa shape index (κ2) is 23.9. The third kappa shape index (κ3) is 10.6. The highest BCUT2D eigenvalue weighted by atomic mass is 15.2. The summed E-state index contributed by atoms with van der Waals surface area (Å²) in [4.78, 5) is 9.98. The van der Waals surface area contributed by atoms with Crippen molar-refractivity contribution in [3.8, 4) is 0 Å². The molecule has 0 atom stereocenters. The van der Waals surface area contributed by atoms with Gasteiger partial charge in [-0.1, -0.05) is 277 Å². The standard InChI is InChI=1S/C100H86N4/c1-97(2,3)69-35-43-75(44-36-69)101(76-45-37-70(38-46-76)98(4,5)6)85-57-29-63-25-53-81-87(59-31-65-23-51-79(85)91(63)93(65)81)103(73-19-15-13-16-20-73)89-61-33-67-28-56-84-90(62-34-68-27-55-83(89)95(67)96(68)84)104(74-21-17-14-18-22-74)88-60-32-66-24-52-80-86(58-30-64-26-54-82(88)94(66)92(64)80)102(77-47-39-71(40-48-77)99(7,8)9)78-49-41-72(42-50-78)100(10,11)12/h13-62H,1-12H3. The van der Waals surface area contributed by atoms with Gasteiger partial charge in [-0.2, -0.15) is 0 Å². The molecule has 4 heteroatoms. The van der Waals surface area contributed by atoms with Gasteiger partial charge in [0, 0.05) is 66.4 Å². The molecule has 0 fully saturated rings. The van der Waals surface area contributed by atoms with Crippen molar-refractivity contribution in [2.45, 2.75) is 105 Å². The number of para-hydroxylation sites is 2. The van der Waals surface area contributed by atoms with Crippen LogP contribution >= 0.6 is 0 Å². The summed E-state index contributed by atoms with van der Waals surface area (Å²) in [6, 6.07) is 115. The van der Waals surface area contributed by atoms with E-state index < -0.39 is 0 Å². The zero-order valence-corrected chi connectivity index (χ0v) is 61.7. The van der Waals surface area contributed by atoms with Gasteiger partial charge in [0.05, 0.1) is 34.1 Å². The van der Waals surface area contributed by atoms with Gasteiger partial charge in [-0.25, -0.2) is 0 Å². The monoisotopic (exact) mass is 1340 g/mol. The number of hydrogen-bond acceptors (Lipinski definition) is 4. The third-order valence-electron chi connectivity index (χ3n) is 22.3. The molecule has 4 nitrogen and oxygen atoms in total. The SMILES string of the molecule is CC(C)(C)c1ccc(N(c2ccc(C(C)(C)C)cc2)c2ccc3ccc4c(N(c5ccccc5)c5ccc6ccc7c(N(c8ccccc8)c8ccc9ccc%10c(N(c%11ccc(C(C)(C)C)cc%11)c%11ccc(C(C)(C)C)cc%11)ccc%11ccc8c9c%11%10)ccc8ccc5c6c87)ccc5ccc2c3c54)cc1. The fraction of sp³-hybridized carbons (Fsp3) is 0.160. The summed E-state index contributed by atoms with van der Waals surface area (Å²) in [6.45, 7) is 27.5. The van der Waals surface area contributed by atoms with Gasteiger partial charge in [0.25, 0.3) is 0 Å². The van der Waals surface area contributed by atoms with E-state index in [-0.39, 0.29) is 21.7 Å². The van der Waals surface area contributed by atoms with Crippen LogP contribution in [0.5, 0.6) is 0 Å². The van der Waals surface area contributed by atoms with Crippen molar-refractivity contribution >= 4 is 165 Å². The molecule has 0 bridgehead atoms. The molecule has 0 aliphatic carbocycles. The molecule has 0 N–H and O–H groups in total. The molecule has 0 saturated carbocycles. The van der Waals surface area contributed by atoms with E-state index in [1.54, 1.807) is 0 Å². The predicted molar refractivity (Wildman–Crippen MR) is 451 cm³/mol. The molecule has 0 saturated heterocycles. The highest BCUT2D eigenvalue weighted by Crippen LogP contribution is 2.54. The summed E-state index contributed by atoms with van der Waals surface area (Å²) in [7, 11) is 0. The Balaban J connectivity index is 0.803. The fourth-order valence-electron chi connectivity index (χ4n) is 16.7. The zero-order chi connectivity index (χ0) is 71.3. The van der Waals surface area contributed by atoms with Crippen molar-refractivity contribution in [2.24, 2.45) is 0 Å². The second-order valence-electron chi connectivity index (χ2n) is 33.0. The first kappa shape index (κ1) is 64.4. The van der Waals surface area contributed by atoms with Gasteiger partial charge >= 0.3 is 0 Å². The summed E-state index contributed by atoms with van der Waals surface area (Å²) in [6.07, 6.45) is 0. The highest BCUT2D eigenvalue weighted by Gasteiger charge is 2.29. The Morgan fingerprint density at radius 2 is 0.317 bits per heavy atom. The number of anilines is 12. The average molecular weight is 1340 g/mol. The first-order valence-electron chi connectivity index (χ1n) is 37.0. The topological polar surface area (TPSA) is 13.0 Å². The number of benzene rings is 18. The van der Waals surface area contributed by atoms with E-state index >= 15 is 0 Å². The lowest BCUT2D eigenvalue weighted by molar-refractivity contribution is 0.590. The first-order valence-corrected chi connectivity index (χ1v) is 37.0. The Bertz CT molecular complexity index is 5780. The molecule has 0 aliphatic rings. The molecule has 0 aromatic heterocycles. The quantitative estimate of drug-likeness (QED) is 0.113. The van der Waals surface area contributed by atoms with E-state index in [2.05, 4.69) is 406 Å². The van der Waals surface area contributed by atoms with Crippen molar-refractivity contribution in [3.05, 3.63) is 326 Å². The maximum absolute atomic E-state index is 2.52. The van der Waals surface area contributed by atoms with E-state index in [4.69, 9.17) is 0 Å². The molecule has 0 spiro atoms. The lowest BCUT2D eigenvalue weighted by Gasteiger charge is -2.31. The van der Waals surface area contributed by atoms with Crippen LogP contribution in [-0.4, -0.2) is 0 Å². The third-order valence-corrected chi connectivity index (χ3v) is 22.3. The predicted octanol–water partition coefficient (Wildman–Crippen LogP) is 29.4. The van der Waals surface area contributed by atoms with Crippen molar-refractivity contribution < 1.29 is 0 Å². The second-order valence-corrected chi connectivity index (χ2v) is 33.0. The minimum absolute atomic E-state index is 0.0239.